The summed E-state index contributed by atoms with van der Waals surface area (Å²) in [6, 6.07) is 10.8. The van der Waals surface area contributed by atoms with Crippen LogP contribution in [0.25, 0.3) is 0 Å². The highest BCUT2D eigenvalue weighted by atomic mass is 16.3. The lowest BCUT2D eigenvalue weighted by molar-refractivity contribution is -0.121. The van der Waals surface area contributed by atoms with Crippen LogP contribution in [0.2, 0.25) is 0 Å². The fraction of sp³-hybridized carbons (Fsp3) is 0.458. The number of urea groups is 1. The number of carbonyl (C=O) groups excluding carboxylic acids is 3. The molecule has 0 saturated heterocycles. The van der Waals surface area contributed by atoms with Gasteiger partial charge in [-0.05, 0) is 49.1 Å². The van der Waals surface area contributed by atoms with Crippen LogP contribution in [0.15, 0.2) is 47.1 Å². The van der Waals surface area contributed by atoms with Crippen molar-refractivity contribution in [1.29, 1.82) is 0 Å². The summed E-state index contributed by atoms with van der Waals surface area (Å²) in [5.41, 5.74) is 1.37. The molecule has 1 aliphatic carbocycles. The Bertz CT molecular complexity index is 876. The molecule has 32 heavy (non-hydrogen) atoms. The van der Waals surface area contributed by atoms with Crippen LogP contribution >= 0.6 is 0 Å². The third-order valence-electron chi connectivity index (χ3n) is 5.49. The van der Waals surface area contributed by atoms with Crippen molar-refractivity contribution in [2.24, 2.45) is 0 Å². The van der Waals surface area contributed by atoms with Crippen LogP contribution in [0.1, 0.15) is 66.6 Å². The molecule has 8 nitrogen and oxygen atoms in total. The summed E-state index contributed by atoms with van der Waals surface area (Å²) < 4.78 is 5.21. The van der Waals surface area contributed by atoms with E-state index in [9.17, 15) is 14.4 Å². The summed E-state index contributed by atoms with van der Waals surface area (Å²) >= 11 is 0. The Morgan fingerprint density at radius 1 is 0.938 bits per heavy atom. The molecular weight excluding hydrogens is 408 g/mol. The van der Waals surface area contributed by atoms with Crippen molar-refractivity contribution in [2.45, 2.75) is 64.1 Å². The average Bonchev–Trinajstić information content (AvgIpc) is 3.33. The van der Waals surface area contributed by atoms with Gasteiger partial charge >= 0.3 is 6.03 Å². The van der Waals surface area contributed by atoms with E-state index < -0.39 is 0 Å². The summed E-state index contributed by atoms with van der Waals surface area (Å²) in [5.74, 6) is 0.391. The number of nitrogens with one attached hydrogen (secondary N) is 4. The van der Waals surface area contributed by atoms with Crippen molar-refractivity contribution in [3.05, 3.63) is 59.5 Å². The molecule has 1 aromatic heterocycles. The Kier molecular flexibility index (Phi) is 9.16. The van der Waals surface area contributed by atoms with Gasteiger partial charge in [-0.2, -0.15) is 0 Å². The van der Waals surface area contributed by atoms with Crippen LogP contribution in [-0.2, 0) is 17.9 Å². The first-order valence-electron chi connectivity index (χ1n) is 11.3. The normalized spacial score (nSPS) is 13.9. The lowest BCUT2D eigenvalue weighted by Gasteiger charge is -2.22. The van der Waals surface area contributed by atoms with Gasteiger partial charge in [-0.3, -0.25) is 9.59 Å². The van der Waals surface area contributed by atoms with Gasteiger partial charge in [0.15, 0.2) is 0 Å². The number of benzene rings is 1. The molecule has 0 bridgehead atoms. The molecule has 2 aromatic rings. The molecule has 1 saturated carbocycles. The summed E-state index contributed by atoms with van der Waals surface area (Å²) in [5, 5.41) is 11.5. The second kappa shape index (κ2) is 12.5. The van der Waals surface area contributed by atoms with E-state index in [0.717, 1.165) is 18.4 Å². The lowest BCUT2D eigenvalue weighted by Crippen LogP contribution is -2.43. The average molecular weight is 441 g/mol. The van der Waals surface area contributed by atoms with Gasteiger partial charge in [-0.15, -0.1) is 0 Å². The molecule has 8 heteroatoms. The van der Waals surface area contributed by atoms with E-state index >= 15 is 0 Å². The van der Waals surface area contributed by atoms with E-state index in [2.05, 4.69) is 21.3 Å². The summed E-state index contributed by atoms with van der Waals surface area (Å²) in [4.78, 5) is 36.3. The van der Waals surface area contributed by atoms with Crippen molar-refractivity contribution in [3.63, 3.8) is 0 Å². The van der Waals surface area contributed by atoms with Gasteiger partial charge in [-0.1, -0.05) is 31.4 Å². The van der Waals surface area contributed by atoms with E-state index in [-0.39, 0.29) is 23.9 Å². The largest absolute Gasteiger partial charge is 0.467 e. The summed E-state index contributed by atoms with van der Waals surface area (Å²) in [6.45, 7) is 1.12. The standard InChI is InChI=1S/C24H32N4O4/c29-22(12-5-13-25-24(31)28-20-9-2-1-3-10-20)26-16-18-7-4-8-19(15-18)23(30)27-17-21-11-6-14-32-21/h4,6-8,11,14-15,20H,1-3,5,9-10,12-13,16-17H2,(H,26,29)(H,27,30)(H2,25,28,31). The zero-order chi connectivity index (χ0) is 22.6. The smallest absolute Gasteiger partial charge is 0.315 e. The summed E-state index contributed by atoms with van der Waals surface area (Å²) in [7, 11) is 0. The third-order valence-corrected chi connectivity index (χ3v) is 5.49. The first-order chi connectivity index (χ1) is 15.6. The van der Waals surface area contributed by atoms with Crippen molar-refractivity contribution in [3.8, 4) is 0 Å². The van der Waals surface area contributed by atoms with Crippen LogP contribution in [0.5, 0.6) is 0 Å². The van der Waals surface area contributed by atoms with Gasteiger partial charge in [-0.25, -0.2) is 4.79 Å². The van der Waals surface area contributed by atoms with Crippen LogP contribution < -0.4 is 21.3 Å². The minimum Gasteiger partial charge on any atom is -0.467 e. The maximum Gasteiger partial charge on any atom is 0.315 e. The zero-order valence-corrected chi connectivity index (χ0v) is 18.3. The quantitative estimate of drug-likeness (QED) is 0.425. The van der Waals surface area contributed by atoms with Crippen LogP contribution in [0.3, 0.4) is 0 Å². The Morgan fingerprint density at radius 2 is 1.78 bits per heavy atom. The molecule has 0 spiro atoms. The van der Waals surface area contributed by atoms with E-state index in [4.69, 9.17) is 4.42 Å². The highest BCUT2D eigenvalue weighted by Crippen LogP contribution is 2.17. The van der Waals surface area contributed by atoms with Gasteiger partial charge in [0.05, 0.1) is 12.8 Å². The molecule has 0 aliphatic heterocycles. The van der Waals surface area contributed by atoms with E-state index in [1.54, 1.807) is 36.6 Å². The first kappa shape index (κ1) is 23.4. The number of rotatable bonds is 10. The zero-order valence-electron chi connectivity index (χ0n) is 18.3. The molecule has 3 rings (SSSR count). The number of hydrogen-bond acceptors (Lipinski definition) is 4. The molecular formula is C24H32N4O4. The molecule has 0 atom stereocenters. The van der Waals surface area contributed by atoms with Crippen molar-refractivity contribution in [1.82, 2.24) is 21.3 Å². The molecule has 1 aromatic carbocycles. The monoisotopic (exact) mass is 440 g/mol. The number of furan rings is 1. The van der Waals surface area contributed by atoms with Crippen LogP contribution in [0.4, 0.5) is 4.79 Å². The highest BCUT2D eigenvalue weighted by Gasteiger charge is 2.15. The minimum atomic E-state index is -0.202. The number of amides is 4. The fourth-order valence-corrected chi connectivity index (χ4v) is 3.73. The van der Waals surface area contributed by atoms with Gasteiger partial charge in [0.1, 0.15) is 5.76 Å². The fourth-order valence-electron chi connectivity index (χ4n) is 3.73. The molecule has 4 N–H and O–H groups in total. The molecule has 0 unspecified atom stereocenters. The second-order valence-corrected chi connectivity index (χ2v) is 8.08. The molecule has 172 valence electrons. The van der Waals surface area contributed by atoms with Crippen LogP contribution in [-0.4, -0.2) is 30.4 Å². The molecule has 1 aliphatic rings. The van der Waals surface area contributed by atoms with Crippen molar-refractivity contribution < 1.29 is 18.8 Å². The molecule has 1 fully saturated rings. The lowest BCUT2D eigenvalue weighted by atomic mass is 9.96. The maximum absolute atomic E-state index is 12.3. The Hall–Kier alpha value is -3.29. The SMILES string of the molecule is O=C(CCCNC(=O)NC1CCCCC1)NCc1cccc(C(=O)NCc2ccco2)c1. The number of carbonyl (C=O) groups is 3. The van der Waals surface area contributed by atoms with E-state index in [0.29, 0.717) is 43.8 Å². The Morgan fingerprint density at radius 3 is 2.56 bits per heavy atom. The molecule has 4 amide bonds. The van der Waals surface area contributed by atoms with E-state index in [1.807, 2.05) is 6.07 Å². The van der Waals surface area contributed by atoms with Crippen molar-refractivity contribution in [2.75, 3.05) is 6.54 Å². The third kappa shape index (κ3) is 8.09. The van der Waals surface area contributed by atoms with Crippen molar-refractivity contribution >= 4 is 17.8 Å². The predicted octanol–water partition coefficient (Wildman–Crippen LogP) is 3.24. The summed E-state index contributed by atoms with van der Waals surface area (Å²) in [6.07, 6.45) is 8.14. The topological polar surface area (TPSA) is 112 Å². The highest BCUT2D eigenvalue weighted by molar-refractivity contribution is 5.94. The van der Waals surface area contributed by atoms with Gasteiger partial charge in [0.2, 0.25) is 5.91 Å². The Balaban J connectivity index is 1.30. The van der Waals surface area contributed by atoms with E-state index in [1.165, 1.54) is 19.3 Å². The molecule has 1 heterocycles. The second-order valence-electron chi connectivity index (χ2n) is 8.08. The maximum atomic E-state index is 12.3. The van der Waals surface area contributed by atoms with Gasteiger partial charge < -0.3 is 25.7 Å². The minimum absolute atomic E-state index is 0.0906. The van der Waals surface area contributed by atoms with Crippen LogP contribution in [0, 0.1) is 0 Å². The molecule has 0 radical (unpaired) electrons. The Labute approximate surface area is 188 Å². The van der Waals surface area contributed by atoms with Gasteiger partial charge in [0.25, 0.3) is 5.91 Å². The number of hydrogen-bond donors (Lipinski definition) is 4. The first-order valence-corrected chi connectivity index (χ1v) is 11.3. The van der Waals surface area contributed by atoms with Gasteiger partial charge in [0, 0.05) is 31.1 Å². The predicted molar refractivity (Wildman–Crippen MR) is 121 cm³/mol.